The summed E-state index contributed by atoms with van der Waals surface area (Å²) in [5.41, 5.74) is 0. The summed E-state index contributed by atoms with van der Waals surface area (Å²) in [5, 5.41) is 8.15. The largest absolute Gasteiger partial charge is 0.354 e. The molecule has 2 N–H and O–H groups in total. The zero-order valence-electron chi connectivity index (χ0n) is 30.0. The van der Waals surface area contributed by atoms with Crippen LogP contribution in [0.1, 0.15) is 94.9 Å². The van der Waals surface area contributed by atoms with E-state index in [-0.39, 0.29) is 0 Å². The first-order valence-electron chi connectivity index (χ1n) is 17.1. The lowest BCUT2D eigenvalue weighted by atomic mass is 10.1. The molecule has 0 spiro atoms. The number of hydrogen-bond acceptors (Lipinski definition) is 14. The van der Waals surface area contributed by atoms with Gasteiger partial charge in [0.2, 0.25) is 34.1 Å². The van der Waals surface area contributed by atoms with Crippen molar-refractivity contribution < 1.29 is 0 Å². The summed E-state index contributed by atoms with van der Waals surface area (Å²) in [4.78, 5) is 33.1. The maximum atomic E-state index is 4.85. The summed E-state index contributed by atoms with van der Waals surface area (Å²) in [7, 11) is 7.01. The van der Waals surface area contributed by atoms with Crippen molar-refractivity contribution in [2.24, 2.45) is 23.7 Å². The lowest BCUT2D eigenvalue weighted by Crippen LogP contribution is -2.33. The maximum Gasteiger partial charge on any atom is 0.231 e. The second-order valence-electron chi connectivity index (χ2n) is 13.2. The molecule has 0 aliphatic carbocycles. The van der Waals surface area contributed by atoms with Gasteiger partial charge in [0.15, 0.2) is 0 Å². The van der Waals surface area contributed by atoms with Crippen LogP contribution in [0.4, 0.5) is 23.8 Å². The third kappa shape index (κ3) is 17.1. The first-order valence-corrected chi connectivity index (χ1v) is 21.7. The number of rotatable bonds is 25. The standard InChI is InChI=1S/C32H60N10S4/c1-11-33-27-35-29(41(19-23(3)4)20-24(5)6)39-31(37-27)45-43-17-15-13-14-16-18-44-46-32-38-28(34-12-2)36-30(40-32)42(21-25(7)8)22-26(9)10/h23-26H,11-22H2,1-10H3,(H,33,35,37,39)(H,34,36,38,40). The molecule has 0 fully saturated rings. The first kappa shape index (κ1) is 40.8. The van der Waals surface area contributed by atoms with Gasteiger partial charge in [0.05, 0.1) is 0 Å². The molecule has 0 aliphatic heterocycles. The van der Waals surface area contributed by atoms with Crippen LogP contribution in [0.3, 0.4) is 0 Å². The summed E-state index contributed by atoms with van der Waals surface area (Å²) in [6, 6.07) is 0. The SMILES string of the molecule is CCNc1nc(SSCCCCCCSSc2nc(NCC)nc(N(CC(C)C)CC(C)C)n2)nc(N(CC(C)C)CC(C)C)n1. The Balaban J connectivity index is 1.79. The van der Waals surface area contributed by atoms with Gasteiger partial charge in [-0.15, -0.1) is 0 Å². The molecule has 0 atom stereocenters. The zero-order valence-corrected chi connectivity index (χ0v) is 33.3. The van der Waals surface area contributed by atoms with Gasteiger partial charge in [-0.25, -0.2) is 0 Å². The molecule has 0 aromatic carbocycles. The summed E-state index contributed by atoms with van der Waals surface area (Å²) in [6.45, 7) is 27.4. The number of hydrogen-bond donors (Lipinski definition) is 2. The smallest absolute Gasteiger partial charge is 0.231 e. The van der Waals surface area contributed by atoms with Gasteiger partial charge in [-0.3, -0.25) is 0 Å². The van der Waals surface area contributed by atoms with Crippen LogP contribution < -0.4 is 20.4 Å². The van der Waals surface area contributed by atoms with Crippen molar-refractivity contribution in [1.82, 2.24) is 29.9 Å². The van der Waals surface area contributed by atoms with Crippen LogP contribution in [0, 0.1) is 23.7 Å². The minimum Gasteiger partial charge on any atom is -0.354 e. The Labute approximate surface area is 295 Å². The highest BCUT2D eigenvalue weighted by atomic mass is 33.1. The predicted molar refractivity (Wildman–Crippen MR) is 207 cm³/mol. The van der Waals surface area contributed by atoms with Crippen LogP contribution >= 0.6 is 43.2 Å². The van der Waals surface area contributed by atoms with E-state index in [2.05, 4.69) is 99.6 Å². The number of anilines is 4. The van der Waals surface area contributed by atoms with Crippen molar-refractivity contribution in [3.05, 3.63) is 0 Å². The van der Waals surface area contributed by atoms with E-state index < -0.39 is 0 Å². The summed E-state index contributed by atoms with van der Waals surface area (Å²) in [6.07, 6.45) is 4.82. The van der Waals surface area contributed by atoms with E-state index in [1.54, 1.807) is 21.6 Å². The fourth-order valence-electron chi connectivity index (χ4n) is 4.63. The van der Waals surface area contributed by atoms with E-state index in [1.807, 2.05) is 21.6 Å². The van der Waals surface area contributed by atoms with Crippen LogP contribution in [-0.4, -0.2) is 80.7 Å². The highest BCUT2D eigenvalue weighted by Crippen LogP contribution is 2.33. The number of nitrogens with one attached hydrogen (secondary N) is 2. The van der Waals surface area contributed by atoms with Crippen molar-refractivity contribution in [3.8, 4) is 0 Å². The number of nitrogens with zero attached hydrogens (tertiary/aromatic N) is 8. The Hall–Kier alpha value is -1.38. The Morgan fingerprint density at radius 1 is 0.500 bits per heavy atom. The van der Waals surface area contributed by atoms with Gasteiger partial charge in [-0.2, -0.15) is 29.9 Å². The molecule has 10 nitrogen and oxygen atoms in total. The summed E-state index contributed by atoms with van der Waals surface area (Å²) >= 11 is 0. The minimum absolute atomic E-state index is 0.536. The molecule has 262 valence electrons. The predicted octanol–water partition coefficient (Wildman–Crippen LogP) is 8.90. The van der Waals surface area contributed by atoms with E-state index >= 15 is 0 Å². The van der Waals surface area contributed by atoms with E-state index in [0.717, 1.165) is 73.0 Å². The van der Waals surface area contributed by atoms with E-state index in [4.69, 9.17) is 19.9 Å². The Bertz CT molecular complexity index is 1000. The maximum absolute atomic E-state index is 4.85. The van der Waals surface area contributed by atoms with Crippen LogP contribution in [-0.2, 0) is 0 Å². The van der Waals surface area contributed by atoms with E-state index in [1.165, 1.54) is 25.7 Å². The number of aromatic nitrogens is 6. The molecule has 0 unspecified atom stereocenters. The zero-order chi connectivity index (χ0) is 33.9. The average molecular weight is 713 g/mol. The van der Waals surface area contributed by atoms with Gasteiger partial charge in [0.25, 0.3) is 0 Å². The molecule has 46 heavy (non-hydrogen) atoms. The van der Waals surface area contributed by atoms with E-state index in [9.17, 15) is 0 Å². The monoisotopic (exact) mass is 712 g/mol. The topological polar surface area (TPSA) is 108 Å². The van der Waals surface area contributed by atoms with Gasteiger partial charge in [-0.05, 0) is 71.9 Å². The Morgan fingerprint density at radius 3 is 1.15 bits per heavy atom. The van der Waals surface area contributed by atoms with Gasteiger partial charge >= 0.3 is 0 Å². The molecule has 2 rings (SSSR count). The number of unbranched alkanes of at least 4 members (excludes halogenated alkanes) is 3. The third-order valence-electron chi connectivity index (χ3n) is 6.26. The summed E-state index contributed by atoms with van der Waals surface area (Å²) in [5.74, 6) is 7.19. The second-order valence-corrected chi connectivity index (χ2v) is 17.9. The van der Waals surface area contributed by atoms with Crippen molar-refractivity contribution in [3.63, 3.8) is 0 Å². The van der Waals surface area contributed by atoms with Crippen LogP contribution in [0.15, 0.2) is 10.3 Å². The molecule has 2 heterocycles. The quantitative estimate of drug-likeness (QED) is 0.0755. The van der Waals surface area contributed by atoms with Gasteiger partial charge < -0.3 is 20.4 Å². The van der Waals surface area contributed by atoms with Crippen LogP contribution in [0.25, 0.3) is 0 Å². The van der Waals surface area contributed by atoms with Crippen LogP contribution in [0.2, 0.25) is 0 Å². The molecule has 0 saturated heterocycles. The molecule has 0 bridgehead atoms. The molecule has 0 amide bonds. The first-order chi connectivity index (χ1) is 22.0. The highest BCUT2D eigenvalue weighted by molar-refractivity contribution is 8.77. The minimum atomic E-state index is 0.536. The Morgan fingerprint density at radius 2 is 0.848 bits per heavy atom. The molecule has 0 radical (unpaired) electrons. The molecular weight excluding hydrogens is 653 g/mol. The molecule has 2 aromatic heterocycles. The lowest BCUT2D eigenvalue weighted by Gasteiger charge is -2.26. The Kier molecular flexibility index (Phi) is 20.4. The van der Waals surface area contributed by atoms with Crippen molar-refractivity contribution >= 4 is 67.0 Å². The van der Waals surface area contributed by atoms with E-state index in [0.29, 0.717) is 35.6 Å². The van der Waals surface area contributed by atoms with Gasteiger partial charge in [0.1, 0.15) is 0 Å². The molecule has 0 aliphatic rings. The molecule has 2 aromatic rings. The van der Waals surface area contributed by atoms with Gasteiger partial charge in [0, 0.05) is 50.8 Å². The molecular formula is C32H60N10S4. The third-order valence-corrected chi connectivity index (χ3v) is 10.7. The van der Waals surface area contributed by atoms with Gasteiger partial charge in [-0.1, -0.05) is 89.8 Å². The fourth-order valence-corrected chi connectivity index (χ4v) is 8.42. The highest BCUT2D eigenvalue weighted by Gasteiger charge is 2.18. The second kappa shape index (κ2) is 23.1. The average Bonchev–Trinajstić information content (AvgIpc) is 2.96. The van der Waals surface area contributed by atoms with Crippen molar-refractivity contribution in [2.75, 3.05) is 71.2 Å². The van der Waals surface area contributed by atoms with Crippen LogP contribution in [0.5, 0.6) is 0 Å². The molecule has 0 saturated carbocycles. The fraction of sp³-hybridized carbons (Fsp3) is 0.812. The van der Waals surface area contributed by atoms with Crippen molar-refractivity contribution in [1.29, 1.82) is 0 Å². The lowest BCUT2D eigenvalue weighted by molar-refractivity contribution is 0.541. The summed E-state index contributed by atoms with van der Waals surface area (Å²) < 4.78 is 0. The van der Waals surface area contributed by atoms with Crippen molar-refractivity contribution in [2.45, 2.75) is 105 Å². The normalized spacial score (nSPS) is 11.7. The molecule has 14 heteroatoms.